The van der Waals surface area contributed by atoms with Crippen molar-refractivity contribution >= 4 is 60.6 Å². The van der Waals surface area contributed by atoms with Crippen LogP contribution in [0.2, 0.25) is 0 Å². The van der Waals surface area contributed by atoms with Crippen LogP contribution >= 0.6 is 45.7 Å². The molecule has 3 atom stereocenters. The zero-order chi connectivity index (χ0) is 15.0. The fourth-order valence-corrected chi connectivity index (χ4v) is 4.96. The molecule has 0 saturated carbocycles. The molecule has 3 heterocycles. The standard InChI is InChI=1S/C12H15IN4O2S2/c1-6-2-7-3-21-11(14)17-12(7,5-19-6)9-15-8(4-20-9)16-10(13)18/h4,6-7H,2-3,5H2,1H3,(H2,14,17)(H,16,18)/t6-,7-,12-/m0/s1. The number of halogens is 1. The number of aliphatic imine (C=N–C) groups is 1. The average molecular weight is 438 g/mol. The van der Waals surface area contributed by atoms with E-state index in [0.29, 0.717) is 23.5 Å². The number of hydrogen-bond donors (Lipinski definition) is 2. The molecule has 1 aromatic heterocycles. The number of thiazole rings is 1. The van der Waals surface area contributed by atoms with Crippen LogP contribution in [0.4, 0.5) is 10.6 Å². The molecule has 3 rings (SSSR count). The van der Waals surface area contributed by atoms with Gasteiger partial charge in [0.1, 0.15) is 16.4 Å². The third-order valence-electron chi connectivity index (χ3n) is 3.72. The lowest BCUT2D eigenvalue weighted by Gasteiger charge is -2.44. The Morgan fingerprint density at radius 1 is 1.67 bits per heavy atom. The predicted molar refractivity (Wildman–Crippen MR) is 94.4 cm³/mol. The van der Waals surface area contributed by atoms with Crippen molar-refractivity contribution in [1.29, 1.82) is 0 Å². The summed E-state index contributed by atoms with van der Waals surface area (Å²) in [5.41, 5.74) is 5.45. The van der Waals surface area contributed by atoms with E-state index in [0.717, 1.165) is 17.2 Å². The number of rotatable bonds is 2. The van der Waals surface area contributed by atoms with Gasteiger partial charge >= 0.3 is 0 Å². The number of aromatic nitrogens is 1. The highest BCUT2D eigenvalue weighted by Gasteiger charge is 2.49. The molecule has 0 spiro atoms. The van der Waals surface area contributed by atoms with Gasteiger partial charge in [0.05, 0.1) is 12.7 Å². The van der Waals surface area contributed by atoms with E-state index in [-0.39, 0.29) is 10.0 Å². The molecule has 0 aliphatic carbocycles. The number of hydrogen-bond acceptors (Lipinski definition) is 7. The Hall–Kier alpha value is -0.390. The maximum Gasteiger partial charge on any atom is 0.286 e. The van der Waals surface area contributed by atoms with Gasteiger partial charge in [0.25, 0.3) is 3.91 Å². The second-order valence-corrected chi connectivity index (χ2v) is 8.05. The van der Waals surface area contributed by atoms with Crippen LogP contribution in [0.15, 0.2) is 10.4 Å². The van der Waals surface area contributed by atoms with Crippen LogP contribution in [-0.4, -0.2) is 32.5 Å². The Balaban J connectivity index is 1.96. The number of nitrogens with one attached hydrogen (secondary N) is 1. The average Bonchev–Trinajstić information content (AvgIpc) is 2.87. The van der Waals surface area contributed by atoms with Crippen molar-refractivity contribution < 1.29 is 9.53 Å². The molecule has 2 aliphatic rings. The fraction of sp³-hybridized carbons (Fsp3) is 0.583. The molecule has 0 unspecified atom stereocenters. The van der Waals surface area contributed by atoms with Crippen molar-refractivity contribution in [3.05, 3.63) is 10.4 Å². The van der Waals surface area contributed by atoms with E-state index >= 15 is 0 Å². The molecule has 3 N–H and O–H groups in total. The third-order valence-corrected chi connectivity index (χ3v) is 5.96. The maximum atomic E-state index is 11.1. The van der Waals surface area contributed by atoms with E-state index in [2.05, 4.69) is 17.2 Å². The van der Waals surface area contributed by atoms with Gasteiger partial charge in [-0.15, -0.1) is 11.3 Å². The fourth-order valence-electron chi connectivity index (χ4n) is 2.71. The summed E-state index contributed by atoms with van der Waals surface area (Å²) in [5, 5.41) is 5.98. The highest BCUT2D eigenvalue weighted by molar-refractivity contribution is 14.1. The smallest absolute Gasteiger partial charge is 0.286 e. The molecule has 0 bridgehead atoms. The van der Waals surface area contributed by atoms with Gasteiger partial charge in [-0.2, -0.15) is 0 Å². The van der Waals surface area contributed by atoms with Crippen molar-refractivity contribution in [2.75, 3.05) is 17.7 Å². The molecular formula is C12H15IN4O2S2. The number of carbonyl (C=O) groups excluding carboxylic acids is 1. The van der Waals surface area contributed by atoms with Crippen LogP contribution < -0.4 is 11.1 Å². The number of ether oxygens (including phenoxy) is 1. The molecule has 1 amide bonds. The number of thioether (sulfide) groups is 1. The summed E-state index contributed by atoms with van der Waals surface area (Å²) in [6.45, 7) is 2.57. The number of nitrogens with zero attached hydrogens (tertiary/aromatic N) is 2. The van der Waals surface area contributed by atoms with Crippen LogP contribution in [0.5, 0.6) is 0 Å². The van der Waals surface area contributed by atoms with Crippen LogP contribution in [0.3, 0.4) is 0 Å². The third kappa shape index (κ3) is 3.06. The van der Waals surface area contributed by atoms with Gasteiger partial charge in [-0.25, -0.2) is 9.98 Å². The SMILES string of the molecule is C[C@H]1C[C@H]2CSC(N)=N[C@@]2(c2nc(NC(=O)I)cs2)CO1. The summed E-state index contributed by atoms with van der Waals surface area (Å²) >= 11 is 4.78. The topological polar surface area (TPSA) is 89.6 Å². The molecule has 114 valence electrons. The largest absolute Gasteiger partial charge is 0.379 e. The van der Waals surface area contributed by atoms with Crippen molar-refractivity contribution in [2.45, 2.75) is 25.0 Å². The summed E-state index contributed by atoms with van der Waals surface area (Å²) in [5.74, 6) is 1.84. The zero-order valence-corrected chi connectivity index (χ0v) is 15.1. The minimum absolute atomic E-state index is 0.158. The molecule has 1 aromatic rings. The number of amidine groups is 1. The predicted octanol–water partition coefficient (Wildman–Crippen LogP) is 2.79. The summed E-state index contributed by atoms with van der Waals surface area (Å²) in [4.78, 5) is 20.4. The van der Waals surface area contributed by atoms with Gasteiger partial charge in [0.2, 0.25) is 0 Å². The summed E-state index contributed by atoms with van der Waals surface area (Å²) in [6.07, 6.45) is 1.17. The van der Waals surface area contributed by atoms with E-state index < -0.39 is 5.54 Å². The van der Waals surface area contributed by atoms with Gasteiger partial charge < -0.3 is 15.8 Å². The van der Waals surface area contributed by atoms with Crippen LogP contribution in [-0.2, 0) is 10.3 Å². The summed E-state index contributed by atoms with van der Waals surface area (Å²) < 4.78 is 5.69. The second kappa shape index (κ2) is 6.01. The first-order valence-electron chi connectivity index (χ1n) is 6.52. The van der Waals surface area contributed by atoms with E-state index in [1.54, 1.807) is 34.4 Å². The van der Waals surface area contributed by atoms with Crippen LogP contribution in [0.25, 0.3) is 0 Å². The minimum atomic E-state index is -0.499. The number of amides is 1. The maximum absolute atomic E-state index is 11.1. The van der Waals surface area contributed by atoms with Crippen LogP contribution in [0.1, 0.15) is 18.4 Å². The summed E-state index contributed by atoms with van der Waals surface area (Å²) in [7, 11) is 0. The van der Waals surface area contributed by atoms with Crippen molar-refractivity contribution in [3.8, 4) is 0 Å². The Morgan fingerprint density at radius 2 is 2.48 bits per heavy atom. The first kappa shape index (κ1) is 15.5. The van der Waals surface area contributed by atoms with Gasteiger partial charge in [0.15, 0.2) is 5.17 Å². The molecule has 1 fully saturated rings. The molecule has 9 heteroatoms. The zero-order valence-electron chi connectivity index (χ0n) is 11.3. The van der Waals surface area contributed by atoms with E-state index in [1.807, 2.05) is 5.38 Å². The second-order valence-electron chi connectivity index (χ2n) is 5.18. The Kier molecular flexibility index (Phi) is 4.44. The van der Waals surface area contributed by atoms with Crippen molar-refractivity contribution in [2.24, 2.45) is 16.6 Å². The number of anilines is 1. The van der Waals surface area contributed by atoms with Gasteiger partial charge in [-0.05, 0) is 13.3 Å². The highest BCUT2D eigenvalue weighted by atomic mass is 127. The molecule has 6 nitrogen and oxygen atoms in total. The Bertz CT molecular complexity index is 594. The number of carbonyl (C=O) groups is 1. The summed E-state index contributed by atoms with van der Waals surface area (Å²) in [6, 6.07) is 0. The minimum Gasteiger partial charge on any atom is -0.379 e. The van der Waals surface area contributed by atoms with Gasteiger partial charge in [0, 0.05) is 39.6 Å². The van der Waals surface area contributed by atoms with E-state index in [9.17, 15) is 4.79 Å². The van der Waals surface area contributed by atoms with Gasteiger partial charge in [-0.1, -0.05) is 11.8 Å². The number of fused-ring (bicyclic) bond motifs is 1. The van der Waals surface area contributed by atoms with Crippen molar-refractivity contribution in [1.82, 2.24) is 4.98 Å². The first-order chi connectivity index (χ1) is 9.99. The lowest BCUT2D eigenvalue weighted by molar-refractivity contribution is -0.0466. The van der Waals surface area contributed by atoms with E-state index in [1.165, 1.54) is 11.3 Å². The monoisotopic (exact) mass is 438 g/mol. The molecule has 21 heavy (non-hydrogen) atoms. The molecular weight excluding hydrogens is 423 g/mol. The molecule has 1 saturated heterocycles. The normalized spacial score (nSPS) is 32.2. The Morgan fingerprint density at radius 3 is 3.24 bits per heavy atom. The highest BCUT2D eigenvalue weighted by Crippen LogP contribution is 2.46. The van der Waals surface area contributed by atoms with E-state index in [4.69, 9.17) is 15.5 Å². The van der Waals surface area contributed by atoms with Crippen molar-refractivity contribution in [3.63, 3.8) is 0 Å². The quantitative estimate of drug-likeness (QED) is 0.421. The molecule has 0 aromatic carbocycles. The van der Waals surface area contributed by atoms with Crippen LogP contribution in [0, 0.1) is 5.92 Å². The lowest BCUT2D eigenvalue weighted by atomic mass is 9.80. The first-order valence-corrected chi connectivity index (χ1v) is 9.46. The van der Waals surface area contributed by atoms with Gasteiger partial charge in [-0.3, -0.25) is 4.79 Å². The number of nitrogens with two attached hydrogens (primary N) is 1. The molecule has 0 radical (unpaired) electrons. The lowest BCUT2D eigenvalue weighted by Crippen LogP contribution is -2.49. The Labute approximate surface area is 144 Å². The molecule has 2 aliphatic heterocycles.